The number of hydrogen-bond donors (Lipinski definition) is 2. The molecule has 3 fully saturated rings. The molecule has 2 saturated heterocycles. The third kappa shape index (κ3) is 5.20. The minimum atomic E-state index is -0.616. The maximum atomic E-state index is 13.0. The zero-order chi connectivity index (χ0) is 28.1. The van der Waals surface area contributed by atoms with Gasteiger partial charge in [0.25, 0.3) is 5.91 Å². The van der Waals surface area contributed by atoms with Crippen molar-refractivity contribution in [3.63, 3.8) is 0 Å². The van der Waals surface area contributed by atoms with Crippen LogP contribution in [0.15, 0.2) is 48.5 Å². The number of piperidine rings is 1. The highest BCUT2D eigenvalue weighted by Crippen LogP contribution is 2.34. The number of aromatic nitrogens is 1. The first-order valence-electron chi connectivity index (χ1n) is 14.6. The standard InChI is InChI=1S/C32H34N4O5/c37-23-4-2-21(14-23)28-8-3-20-13-19(1-7-27(20)33-28)16-35-12-11-25(18-35)41-24-5-6-26-22(15-24)17-36(32(26)40)29-9-10-30(38)34-31(29)39/h1,3,5-8,13,15,21,23,25,29,37H,2,4,9-12,14,16-18H2,(H,34,38,39)/t21-,23+,25+,29?/m1/s1. The normalized spacial score (nSPS) is 26.6. The van der Waals surface area contributed by atoms with Crippen molar-refractivity contribution in [2.75, 3.05) is 13.1 Å². The fraction of sp³-hybridized carbons (Fsp3) is 0.438. The Bertz CT molecular complexity index is 1540. The monoisotopic (exact) mass is 554 g/mol. The molecule has 0 radical (unpaired) electrons. The fourth-order valence-electron chi connectivity index (χ4n) is 6.85. The summed E-state index contributed by atoms with van der Waals surface area (Å²) in [7, 11) is 0. The molecule has 4 heterocycles. The van der Waals surface area contributed by atoms with Gasteiger partial charge < -0.3 is 14.7 Å². The summed E-state index contributed by atoms with van der Waals surface area (Å²) in [6.45, 7) is 2.94. The molecular weight excluding hydrogens is 520 g/mol. The van der Waals surface area contributed by atoms with Crippen LogP contribution in [0, 0.1) is 0 Å². The molecule has 2 aromatic carbocycles. The molecular formula is C32H34N4O5. The van der Waals surface area contributed by atoms with Gasteiger partial charge in [-0.05, 0) is 79.6 Å². The molecule has 0 spiro atoms. The minimum Gasteiger partial charge on any atom is -0.489 e. The largest absolute Gasteiger partial charge is 0.489 e. The number of ether oxygens (including phenoxy) is 1. The van der Waals surface area contributed by atoms with E-state index < -0.39 is 11.9 Å². The summed E-state index contributed by atoms with van der Waals surface area (Å²) in [6.07, 6.45) is 4.04. The van der Waals surface area contributed by atoms with Crippen LogP contribution in [0.25, 0.3) is 10.9 Å². The van der Waals surface area contributed by atoms with Gasteiger partial charge in [-0.2, -0.15) is 0 Å². The third-order valence-corrected chi connectivity index (χ3v) is 9.03. The van der Waals surface area contributed by atoms with Crippen LogP contribution in [0.4, 0.5) is 0 Å². The number of imide groups is 1. The van der Waals surface area contributed by atoms with Gasteiger partial charge in [-0.25, -0.2) is 0 Å². The number of carbonyl (C=O) groups excluding carboxylic acids is 3. The first-order valence-corrected chi connectivity index (χ1v) is 14.6. The predicted molar refractivity (Wildman–Crippen MR) is 151 cm³/mol. The zero-order valence-corrected chi connectivity index (χ0v) is 22.9. The maximum Gasteiger partial charge on any atom is 0.255 e. The lowest BCUT2D eigenvalue weighted by Crippen LogP contribution is -2.52. The van der Waals surface area contributed by atoms with Crippen LogP contribution in [-0.4, -0.2) is 69.0 Å². The van der Waals surface area contributed by atoms with Crippen molar-refractivity contribution in [2.24, 2.45) is 0 Å². The average Bonchev–Trinajstić information content (AvgIpc) is 3.67. The van der Waals surface area contributed by atoms with Crippen LogP contribution in [-0.2, 0) is 22.7 Å². The molecule has 4 atom stereocenters. The van der Waals surface area contributed by atoms with E-state index in [1.165, 1.54) is 5.56 Å². The van der Waals surface area contributed by atoms with Crippen molar-refractivity contribution in [2.45, 2.75) is 75.8 Å². The van der Waals surface area contributed by atoms with Crippen molar-refractivity contribution in [3.8, 4) is 5.75 Å². The lowest BCUT2D eigenvalue weighted by atomic mass is 10.0. The van der Waals surface area contributed by atoms with Crippen molar-refractivity contribution in [3.05, 3.63) is 70.9 Å². The Labute approximate surface area is 238 Å². The highest BCUT2D eigenvalue weighted by molar-refractivity contribution is 6.05. The Morgan fingerprint density at radius 2 is 1.90 bits per heavy atom. The SMILES string of the molecule is O=C1CCC(N2Cc3cc(O[C@H]4CCN(Cc5ccc6nc([C@@H]7CC[C@H](O)C7)ccc6c5)C4)ccc3C2=O)C(=O)N1. The van der Waals surface area contributed by atoms with Gasteiger partial charge in [-0.1, -0.05) is 12.1 Å². The van der Waals surface area contributed by atoms with Crippen LogP contribution in [0.1, 0.15) is 71.6 Å². The van der Waals surface area contributed by atoms with E-state index in [4.69, 9.17) is 9.72 Å². The summed E-state index contributed by atoms with van der Waals surface area (Å²) >= 11 is 0. The van der Waals surface area contributed by atoms with Crippen molar-refractivity contribution in [1.29, 1.82) is 0 Å². The first kappa shape index (κ1) is 26.1. The van der Waals surface area contributed by atoms with Gasteiger partial charge in [0.2, 0.25) is 11.8 Å². The molecule has 3 amide bonds. The summed E-state index contributed by atoms with van der Waals surface area (Å²) in [5.74, 6) is 0.223. The Morgan fingerprint density at radius 1 is 1.00 bits per heavy atom. The van der Waals surface area contributed by atoms with E-state index in [0.717, 1.165) is 73.2 Å². The lowest BCUT2D eigenvalue weighted by molar-refractivity contribution is -0.136. The molecule has 3 aromatic rings. The van der Waals surface area contributed by atoms with Crippen molar-refractivity contribution in [1.82, 2.24) is 20.1 Å². The highest BCUT2D eigenvalue weighted by Gasteiger charge is 2.39. The number of likely N-dealkylation sites (tertiary alicyclic amines) is 1. The van der Waals surface area contributed by atoms with Gasteiger partial charge in [0.15, 0.2) is 0 Å². The van der Waals surface area contributed by atoms with E-state index in [-0.39, 0.29) is 30.4 Å². The maximum absolute atomic E-state index is 13.0. The molecule has 7 rings (SSSR count). The van der Waals surface area contributed by atoms with Crippen molar-refractivity contribution < 1.29 is 24.2 Å². The number of amides is 3. The first-order chi connectivity index (χ1) is 19.9. The number of benzene rings is 2. The van der Waals surface area contributed by atoms with Crippen LogP contribution < -0.4 is 10.1 Å². The molecule has 1 aliphatic carbocycles. The molecule has 4 aliphatic rings. The molecule has 2 N–H and O–H groups in total. The lowest BCUT2D eigenvalue weighted by Gasteiger charge is -2.29. The quantitative estimate of drug-likeness (QED) is 0.450. The van der Waals surface area contributed by atoms with E-state index in [9.17, 15) is 19.5 Å². The molecule has 1 aromatic heterocycles. The summed E-state index contributed by atoms with van der Waals surface area (Å²) in [5, 5.41) is 13.4. The molecule has 41 heavy (non-hydrogen) atoms. The number of aliphatic hydroxyl groups is 1. The Morgan fingerprint density at radius 3 is 2.73 bits per heavy atom. The Hall–Kier alpha value is -3.82. The number of carbonyl (C=O) groups is 3. The van der Waals surface area contributed by atoms with E-state index in [1.807, 2.05) is 12.1 Å². The van der Waals surface area contributed by atoms with Gasteiger partial charge in [-0.3, -0.25) is 29.6 Å². The zero-order valence-electron chi connectivity index (χ0n) is 22.9. The second-order valence-corrected chi connectivity index (χ2v) is 11.9. The topological polar surface area (TPSA) is 112 Å². The van der Waals surface area contributed by atoms with Crippen LogP contribution >= 0.6 is 0 Å². The minimum absolute atomic E-state index is 0.0582. The molecule has 3 aliphatic heterocycles. The second-order valence-electron chi connectivity index (χ2n) is 11.9. The van der Waals surface area contributed by atoms with Crippen molar-refractivity contribution >= 4 is 28.6 Å². The summed E-state index contributed by atoms with van der Waals surface area (Å²) in [6, 6.07) is 15.7. The van der Waals surface area contributed by atoms with Crippen LogP contribution in [0.5, 0.6) is 5.75 Å². The Kier molecular flexibility index (Phi) is 6.71. The highest BCUT2D eigenvalue weighted by atomic mass is 16.5. The smallest absolute Gasteiger partial charge is 0.255 e. The average molecular weight is 555 g/mol. The van der Waals surface area contributed by atoms with Gasteiger partial charge in [0.05, 0.1) is 11.6 Å². The van der Waals surface area contributed by atoms with Crippen LogP contribution in [0.3, 0.4) is 0 Å². The number of fused-ring (bicyclic) bond motifs is 2. The van der Waals surface area contributed by atoms with Gasteiger partial charge in [0.1, 0.15) is 17.9 Å². The number of pyridine rings is 1. The molecule has 1 unspecified atom stereocenters. The predicted octanol–water partition coefficient (Wildman–Crippen LogP) is 3.28. The van der Waals surface area contributed by atoms with E-state index in [0.29, 0.717) is 24.4 Å². The summed E-state index contributed by atoms with van der Waals surface area (Å²) in [4.78, 5) is 45.7. The molecule has 9 heteroatoms. The van der Waals surface area contributed by atoms with Gasteiger partial charge >= 0.3 is 0 Å². The van der Waals surface area contributed by atoms with Gasteiger partial charge in [-0.15, -0.1) is 0 Å². The Balaban J connectivity index is 0.960. The summed E-state index contributed by atoms with van der Waals surface area (Å²) in [5.41, 5.74) is 4.77. The third-order valence-electron chi connectivity index (χ3n) is 9.03. The molecule has 9 nitrogen and oxygen atoms in total. The second kappa shape index (κ2) is 10.5. The summed E-state index contributed by atoms with van der Waals surface area (Å²) < 4.78 is 6.34. The molecule has 0 bridgehead atoms. The molecule has 212 valence electrons. The number of rotatable bonds is 6. The number of aliphatic hydroxyl groups excluding tert-OH is 1. The molecule has 1 saturated carbocycles. The number of nitrogens with zero attached hydrogens (tertiary/aromatic N) is 3. The van der Waals surface area contributed by atoms with E-state index in [1.54, 1.807) is 11.0 Å². The number of nitrogens with one attached hydrogen (secondary N) is 1. The fourth-order valence-corrected chi connectivity index (χ4v) is 6.85. The van der Waals surface area contributed by atoms with Gasteiger partial charge in [0, 0.05) is 55.2 Å². The van der Waals surface area contributed by atoms with E-state index >= 15 is 0 Å². The van der Waals surface area contributed by atoms with E-state index in [2.05, 4.69) is 40.5 Å². The van der Waals surface area contributed by atoms with Crippen LogP contribution in [0.2, 0.25) is 0 Å². The number of hydrogen-bond acceptors (Lipinski definition) is 7.